The van der Waals surface area contributed by atoms with E-state index in [0.29, 0.717) is 34.9 Å². The first-order valence-corrected chi connectivity index (χ1v) is 9.92. The fraction of sp³-hybridized carbons (Fsp3) is 0.227. The first kappa shape index (κ1) is 20.0. The van der Waals surface area contributed by atoms with Crippen LogP contribution in [0.15, 0.2) is 48.0 Å². The van der Waals surface area contributed by atoms with E-state index in [4.69, 9.17) is 11.6 Å². The van der Waals surface area contributed by atoms with Gasteiger partial charge in [-0.25, -0.2) is 4.79 Å². The van der Waals surface area contributed by atoms with Crippen LogP contribution in [0.4, 0.5) is 17.1 Å². The van der Waals surface area contributed by atoms with Crippen molar-refractivity contribution in [2.45, 2.75) is 25.8 Å². The van der Waals surface area contributed by atoms with Gasteiger partial charge in [-0.3, -0.25) is 9.59 Å². The molecule has 0 spiro atoms. The maximum atomic E-state index is 13.2. The van der Waals surface area contributed by atoms with Crippen LogP contribution in [0, 0.1) is 0 Å². The third-order valence-electron chi connectivity index (χ3n) is 5.30. The third kappa shape index (κ3) is 3.76. The predicted octanol–water partition coefficient (Wildman–Crippen LogP) is 3.76. The van der Waals surface area contributed by atoms with Gasteiger partial charge in [0, 0.05) is 53.1 Å². The number of fused-ring (bicyclic) bond motifs is 1. The van der Waals surface area contributed by atoms with Gasteiger partial charge in [0.1, 0.15) is 6.04 Å². The van der Waals surface area contributed by atoms with E-state index in [-0.39, 0.29) is 18.2 Å². The molecule has 8 heteroatoms. The average molecular weight is 426 g/mol. The predicted molar refractivity (Wildman–Crippen MR) is 116 cm³/mol. The Bertz CT molecular complexity index is 1080. The Labute approximate surface area is 178 Å². The molecule has 3 N–H and O–H groups in total. The van der Waals surface area contributed by atoms with E-state index in [1.54, 1.807) is 41.3 Å². The van der Waals surface area contributed by atoms with Crippen LogP contribution in [0.1, 0.15) is 25.3 Å². The van der Waals surface area contributed by atoms with Crippen LogP contribution in [0.25, 0.3) is 5.57 Å². The summed E-state index contributed by atoms with van der Waals surface area (Å²) in [5, 5.41) is 15.7. The van der Waals surface area contributed by atoms with Gasteiger partial charge < -0.3 is 20.6 Å². The van der Waals surface area contributed by atoms with Crippen LogP contribution in [0.2, 0.25) is 5.02 Å². The lowest BCUT2D eigenvalue weighted by molar-refractivity contribution is -0.137. The van der Waals surface area contributed by atoms with Gasteiger partial charge in [-0.15, -0.1) is 0 Å². The second kappa shape index (κ2) is 7.84. The monoisotopic (exact) mass is 425 g/mol. The zero-order valence-electron chi connectivity index (χ0n) is 16.2. The number of carboxylic acid groups (broad SMARTS) is 1. The Balaban J connectivity index is 1.68. The van der Waals surface area contributed by atoms with E-state index in [1.165, 1.54) is 6.92 Å². The zero-order chi connectivity index (χ0) is 21.4. The van der Waals surface area contributed by atoms with Crippen molar-refractivity contribution in [3.05, 3.63) is 58.6 Å². The summed E-state index contributed by atoms with van der Waals surface area (Å²) in [6, 6.07) is 11.5. The van der Waals surface area contributed by atoms with Gasteiger partial charge in [-0.1, -0.05) is 17.7 Å². The highest BCUT2D eigenvalue weighted by Crippen LogP contribution is 2.40. The minimum atomic E-state index is -0.977. The van der Waals surface area contributed by atoms with Gasteiger partial charge in [0.15, 0.2) is 0 Å². The van der Waals surface area contributed by atoms with Crippen LogP contribution in [-0.2, 0) is 14.4 Å². The Morgan fingerprint density at radius 2 is 1.90 bits per heavy atom. The second-order valence-corrected chi connectivity index (χ2v) is 7.76. The molecule has 7 nitrogen and oxygen atoms in total. The fourth-order valence-electron chi connectivity index (χ4n) is 3.94. The number of carbonyl (C=O) groups excluding carboxylic acids is 2. The van der Waals surface area contributed by atoms with Gasteiger partial charge in [-0.2, -0.15) is 0 Å². The van der Waals surface area contributed by atoms with Gasteiger partial charge in [-0.05, 0) is 48.4 Å². The molecule has 2 aliphatic rings. The van der Waals surface area contributed by atoms with E-state index < -0.39 is 12.0 Å². The average Bonchev–Trinajstić information content (AvgIpc) is 3.08. The maximum absolute atomic E-state index is 13.2. The number of halogens is 1. The largest absolute Gasteiger partial charge is 0.480 e. The summed E-state index contributed by atoms with van der Waals surface area (Å²) in [4.78, 5) is 37.7. The van der Waals surface area contributed by atoms with Crippen molar-refractivity contribution in [1.29, 1.82) is 0 Å². The smallest absolute Gasteiger partial charge is 0.326 e. The van der Waals surface area contributed by atoms with Crippen LogP contribution in [0.3, 0.4) is 0 Å². The normalized spacial score (nSPS) is 20.5. The lowest BCUT2D eigenvalue weighted by atomic mass is 9.88. The molecule has 0 saturated carbocycles. The van der Waals surface area contributed by atoms with E-state index >= 15 is 0 Å². The van der Waals surface area contributed by atoms with Gasteiger partial charge in [0.2, 0.25) is 5.91 Å². The number of carboxylic acids is 1. The molecule has 0 radical (unpaired) electrons. The van der Waals surface area contributed by atoms with Crippen LogP contribution in [-0.4, -0.2) is 35.5 Å². The van der Waals surface area contributed by atoms with E-state index in [1.807, 2.05) is 6.07 Å². The third-order valence-corrected chi connectivity index (χ3v) is 5.53. The van der Waals surface area contributed by atoms with Crippen molar-refractivity contribution in [2.24, 2.45) is 0 Å². The van der Waals surface area contributed by atoms with Crippen molar-refractivity contribution in [2.75, 3.05) is 22.1 Å². The standard InChI is InChI=1S/C22H20ClN3O4/c1-12(27)24-14-3-5-15(6-4-14)26-9-8-17(21(26)28)18-11-20(22(29)30)25-19-10-13(23)2-7-16(18)19/h2-7,10,20,25H,8-9,11H2,1H3,(H,24,27)(H,29,30)/b18-17-. The number of nitrogens with one attached hydrogen (secondary N) is 2. The molecule has 0 aliphatic carbocycles. The molecular weight excluding hydrogens is 406 g/mol. The summed E-state index contributed by atoms with van der Waals surface area (Å²) in [5.41, 5.74) is 4.18. The molecule has 154 valence electrons. The molecule has 2 heterocycles. The second-order valence-electron chi connectivity index (χ2n) is 7.32. The molecule has 1 saturated heterocycles. The van der Waals surface area contributed by atoms with Crippen molar-refractivity contribution < 1.29 is 19.5 Å². The topological polar surface area (TPSA) is 98.7 Å². The summed E-state index contributed by atoms with van der Waals surface area (Å²) in [6.45, 7) is 1.94. The number of amides is 2. The molecule has 1 fully saturated rings. The lowest BCUT2D eigenvalue weighted by Crippen LogP contribution is -2.33. The summed E-state index contributed by atoms with van der Waals surface area (Å²) in [7, 11) is 0. The number of nitrogens with zero attached hydrogens (tertiary/aromatic N) is 1. The molecule has 0 aromatic heterocycles. The number of hydrogen-bond acceptors (Lipinski definition) is 4. The molecule has 1 atom stereocenters. The molecule has 0 bridgehead atoms. The van der Waals surface area contributed by atoms with Gasteiger partial charge in [0.05, 0.1) is 0 Å². The highest BCUT2D eigenvalue weighted by Gasteiger charge is 2.35. The molecule has 4 rings (SSSR count). The maximum Gasteiger partial charge on any atom is 0.326 e. The highest BCUT2D eigenvalue weighted by atomic mass is 35.5. The minimum Gasteiger partial charge on any atom is -0.480 e. The molecular formula is C22H20ClN3O4. The Morgan fingerprint density at radius 3 is 2.57 bits per heavy atom. The SMILES string of the molecule is CC(=O)Nc1ccc(N2CC/C(=C3\CC(C(=O)O)Nc4cc(Cl)ccc43)C2=O)cc1. The lowest BCUT2D eigenvalue weighted by Gasteiger charge is -2.28. The zero-order valence-corrected chi connectivity index (χ0v) is 17.0. The summed E-state index contributed by atoms with van der Waals surface area (Å²) in [6.07, 6.45) is 0.746. The number of aliphatic carboxylic acids is 1. The number of benzene rings is 2. The Hall–Kier alpha value is -3.32. The minimum absolute atomic E-state index is 0.135. The number of rotatable bonds is 3. The number of hydrogen-bond donors (Lipinski definition) is 3. The number of carbonyl (C=O) groups is 3. The molecule has 2 aliphatic heterocycles. The van der Waals surface area contributed by atoms with E-state index in [0.717, 1.165) is 16.8 Å². The fourth-order valence-corrected chi connectivity index (χ4v) is 4.11. The summed E-state index contributed by atoms with van der Waals surface area (Å²) < 4.78 is 0. The number of anilines is 3. The first-order chi connectivity index (χ1) is 14.3. The van der Waals surface area contributed by atoms with Crippen LogP contribution in [0.5, 0.6) is 0 Å². The van der Waals surface area contributed by atoms with E-state index in [2.05, 4.69) is 10.6 Å². The molecule has 2 aromatic carbocycles. The Morgan fingerprint density at radius 1 is 1.17 bits per heavy atom. The summed E-state index contributed by atoms with van der Waals surface area (Å²) >= 11 is 6.08. The van der Waals surface area contributed by atoms with Crippen LogP contribution < -0.4 is 15.5 Å². The Kier molecular flexibility index (Phi) is 5.22. The van der Waals surface area contributed by atoms with Crippen molar-refractivity contribution in [3.8, 4) is 0 Å². The first-order valence-electron chi connectivity index (χ1n) is 9.54. The molecule has 2 amide bonds. The van der Waals surface area contributed by atoms with Gasteiger partial charge >= 0.3 is 5.97 Å². The highest BCUT2D eigenvalue weighted by molar-refractivity contribution is 6.31. The quantitative estimate of drug-likeness (QED) is 0.650. The molecule has 30 heavy (non-hydrogen) atoms. The van der Waals surface area contributed by atoms with Crippen molar-refractivity contribution in [3.63, 3.8) is 0 Å². The summed E-state index contributed by atoms with van der Waals surface area (Å²) in [5.74, 6) is -1.27. The molecule has 2 aromatic rings. The van der Waals surface area contributed by atoms with Crippen molar-refractivity contribution >= 4 is 52.0 Å². The van der Waals surface area contributed by atoms with E-state index in [9.17, 15) is 19.5 Å². The van der Waals surface area contributed by atoms with Crippen LogP contribution >= 0.6 is 11.6 Å². The van der Waals surface area contributed by atoms with Crippen molar-refractivity contribution in [1.82, 2.24) is 0 Å². The van der Waals surface area contributed by atoms with Gasteiger partial charge in [0.25, 0.3) is 5.91 Å². The molecule has 1 unspecified atom stereocenters.